The van der Waals surface area contributed by atoms with Crippen LogP contribution in [0.1, 0.15) is 46.6 Å². The van der Waals surface area contributed by atoms with Gasteiger partial charge in [-0.05, 0) is 48.6 Å². The van der Waals surface area contributed by atoms with Crippen molar-refractivity contribution >= 4 is 11.9 Å². The first-order valence-corrected chi connectivity index (χ1v) is 10.5. The molecular formula is C25H29N3O3. The van der Waals surface area contributed by atoms with Gasteiger partial charge in [0.2, 0.25) is 5.88 Å². The van der Waals surface area contributed by atoms with Crippen molar-refractivity contribution < 1.29 is 14.3 Å². The molecule has 3 aromatic rings. The van der Waals surface area contributed by atoms with E-state index in [1.54, 1.807) is 21.0 Å². The van der Waals surface area contributed by atoms with Gasteiger partial charge < -0.3 is 9.64 Å². The topological polar surface area (TPSA) is 64.4 Å². The van der Waals surface area contributed by atoms with Crippen molar-refractivity contribution in [3.8, 4) is 11.6 Å². The number of hydrogen-bond acceptors (Lipinski definition) is 4. The van der Waals surface area contributed by atoms with E-state index >= 15 is 0 Å². The summed E-state index contributed by atoms with van der Waals surface area (Å²) in [6, 6.07) is 15.8. The number of aryl methyl sites for hydroxylation is 3. The van der Waals surface area contributed by atoms with Crippen molar-refractivity contribution in [2.45, 2.75) is 40.0 Å². The highest BCUT2D eigenvalue weighted by molar-refractivity contribution is 6.01. The SMILES string of the molecule is CCc1ccc(-n2nc(C)c(C(=O)Cc3cccc(CC)c3)c2OC(=O)N(C)C)cc1. The summed E-state index contributed by atoms with van der Waals surface area (Å²) >= 11 is 0. The summed E-state index contributed by atoms with van der Waals surface area (Å²) in [7, 11) is 3.20. The molecule has 6 nitrogen and oxygen atoms in total. The van der Waals surface area contributed by atoms with E-state index in [4.69, 9.17) is 4.74 Å². The Hall–Kier alpha value is -3.41. The van der Waals surface area contributed by atoms with Crippen LogP contribution in [0.15, 0.2) is 48.5 Å². The lowest BCUT2D eigenvalue weighted by atomic mass is 10.0. The Morgan fingerprint density at radius 3 is 2.23 bits per heavy atom. The molecular weight excluding hydrogens is 390 g/mol. The zero-order valence-electron chi connectivity index (χ0n) is 18.8. The first-order valence-electron chi connectivity index (χ1n) is 10.5. The molecule has 0 N–H and O–H groups in total. The standard InChI is InChI=1S/C25H29N3O3/c1-6-18-11-13-21(14-12-18)28-24(31-25(30)27(4)5)23(17(3)26-28)22(29)16-20-10-8-9-19(7-2)15-20/h8-15H,6-7,16H2,1-5H3. The normalized spacial score (nSPS) is 10.7. The minimum atomic E-state index is -0.562. The van der Waals surface area contributed by atoms with Gasteiger partial charge in [0.15, 0.2) is 5.78 Å². The molecule has 0 saturated carbocycles. The highest BCUT2D eigenvalue weighted by atomic mass is 16.6. The number of benzene rings is 2. The van der Waals surface area contributed by atoms with E-state index in [2.05, 4.69) is 18.9 Å². The van der Waals surface area contributed by atoms with Gasteiger partial charge >= 0.3 is 6.09 Å². The maximum atomic E-state index is 13.3. The van der Waals surface area contributed by atoms with E-state index < -0.39 is 6.09 Å². The maximum absolute atomic E-state index is 13.3. The molecule has 0 aliphatic carbocycles. The van der Waals surface area contributed by atoms with Crippen molar-refractivity contribution in [3.63, 3.8) is 0 Å². The van der Waals surface area contributed by atoms with E-state index in [0.717, 1.165) is 24.1 Å². The molecule has 0 aliphatic heterocycles. The molecule has 6 heteroatoms. The first-order chi connectivity index (χ1) is 14.8. The Kier molecular flexibility index (Phi) is 6.90. The lowest BCUT2D eigenvalue weighted by Crippen LogP contribution is -2.27. The number of rotatable bonds is 7. The zero-order chi connectivity index (χ0) is 22.5. The van der Waals surface area contributed by atoms with Crippen molar-refractivity contribution in [3.05, 3.63) is 76.5 Å². The predicted molar refractivity (Wildman–Crippen MR) is 121 cm³/mol. The van der Waals surface area contributed by atoms with Gasteiger partial charge in [0.1, 0.15) is 5.56 Å². The molecule has 2 aromatic carbocycles. The molecule has 0 bridgehead atoms. The molecule has 3 rings (SSSR count). The van der Waals surface area contributed by atoms with Gasteiger partial charge in [0, 0.05) is 20.5 Å². The van der Waals surface area contributed by atoms with Crippen LogP contribution in [0.25, 0.3) is 5.69 Å². The second-order valence-electron chi connectivity index (χ2n) is 7.73. The fourth-order valence-corrected chi connectivity index (χ4v) is 3.38. The molecule has 0 fully saturated rings. The lowest BCUT2D eigenvalue weighted by molar-refractivity contribution is 0.0989. The fraction of sp³-hybridized carbons (Fsp3) is 0.320. The number of amides is 1. The highest BCUT2D eigenvalue weighted by Gasteiger charge is 2.26. The third-order valence-electron chi connectivity index (χ3n) is 5.20. The van der Waals surface area contributed by atoms with E-state index in [1.165, 1.54) is 20.7 Å². The van der Waals surface area contributed by atoms with Crippen LogP contribution in [0.5, 0.6) is 5.88 Å². The Morgan fingerprint density at radius 1 is 0.968 bits per heavy atom. The first kappa shape index (κ1) is 22.3. The van der Waals surface area contributed by atoms with E-state index in [9.17, 15) is 9.59 Å². The molecule has 1 aromatic heterocycles. The summed E-state index contributed by atoms with van der Waals surface area (Å²) in [5, 5.41) is 4.55. The van der Waals surface area contributed by atoms with Crippen LogP contribution in [0.3, 0.4) is 0 Å². The summed E-state index contributed by atoms with van der Waals surface area (Å²) in [6.07, 6.45) is 1.47. The van der Waals surface area contributed by atoms with Gasteiger partial charge in [0.25, 0.3) is 0 Å². The highest BCUT2D eigenvalue weighted by Crippen LogP contribution is 2.28. The average Bonchev–Trinajstić information content (AvgIpc) is 3.09. The van der Waals surface area contributed by atoms with Gasteiger partial charge in [-0.25, -0.2) is 4.79 Å². The monoisotopic (exact) mass is 419 g/mol. The van der Waals surface area contributed by atoms with Crippen molar-refractivity contribution in [1.29, 1.82) is 0 Å². The summed E-state index contributed by atoms with van der Waals surface area (Å²) in [5.41, 5.74) is 4.87. The molecule has 31 heavy (non-hydrogen) atoms. The second kappa shape index (κ2) is 9.60. The number of aromatic nitrogens is 2. The minimum Gasteiger partial charge on any atom is -0.390 e. The molecule has 1 amide bonds. The number of ketones is 1. The summed E-state index contributed by atoms with van der Waals surface area (Å²) in [5.74, 6) is 0.0147. The van der Waals surface area contributed by atoms with Crippen LogP contribution in [-0.2, 0) is 19.3 Å². The molecule has 0 radical (unpaired) electrons. The van der Waals surface area contributed by atoms with Crippen LogP contribution >= 0.6 is 0 Å². The number of carbonyl (C=O) groups is 2. The molecule has 162 valence electrons. The third kappa shape index (κ3) is 5.02. The molecule has 1 heterocycles. The smallest absolute Gasteiger partial charge is 0.390 e. The van der Waals surface area contributed by atoms with Crippen LogP contribution in [-0.4, -0.2) is 40.7 Å². The van der Waals surface area contributed by atoms with Crippen molar-refractivity contribution in [2.75, 3.05) is 14.1 Å². The van der Waals surface area contributed by atoms with Crippen LogP contribution in [0.4, 0.5) is 4.79 Å². The molecule has 0 aliphatic rings. The van der Waals surface area contributed by atoms with Gasteiger partial charge in [0.05, 0.1) is 11.4 Å². The maximum Gasteiger partial charge on any atom is 0.416 e. The van der Waals surface area contributed by atoms with Crippen molar-refractivity contribution in [2.24, 2.45) is 0 Å². The summed E-state index contributed by atoms with van der Waals surface area (Å²) in [4.78, 5) is 27.0. The van der Waals surface area contributed by atoms with Gasteiger partial charge in [-0.3, -0.25) is 4.79 Å². The third-order valence-corrected chi connectivity index (χ3v) is 5.20. The average molecular weight is 420 g/mol. The number of ether oxygens (including phenoxy) is 1. The second-order valence-corrected chi connectivity index (χ2v) is 7.73. The quantitative estimate of drug-likeness (QED) is 0.517. The zero-order valence-corrected chi connectivity index (χ0v) is 18.8. The summed E-state index contributed by atoms with van der Waals surface area (Å²) in [6.45, 7) is 5.93. The Bertz CT molecular complexity index is 1080. The molecule has 0 saturated heterocycles. The number of hydrogen-bond donors (Lipinski definition) is 0. The Balaban J connectivity index is 2.04. The van der Waals surface area contributed by atoms with Crippen molar-refractivity contribution in [1.82, 2.24) is 14.7 Å². The van der Waals surface area contributed by atoms with E-state index in [-0.39, 0.29) is 18.1 Å². The molecule has 0 atom stereocenters. The fourth-order valence-electron chi connectivity index (χ4n) is 3.38. The van der Waals surface area contributed by atoms with Crippen LogP contribution in [0, 0.1) is 6.92 Å². The number of carbonyl (C=O) groups excluding carboxylic acids is 2. The Morgan fingerprint density at radius 2 is 1.61 bits per heavy atom. The Labute approximate surface area is 183 Å². The summed E-state index contributed by atoms with van der Waals surface area (Å²) < 4.78 is 7.17. The van der Waals surface area contributed by atoms with Crippen LogP contribution in [0.2, 0.25) is 0 Å². The molecule has 0 spiro atoms. The van der Waals surface area contributed by atoms with Gasteiger partial charge in [-0.2, -0.15) is 9.78 Å². The number of nitrogens with zero attached hydrogens (tertiary/aromatic N) is 3. The minimum absolute atomic E-state index is 0.135. The van der Waals surface area contributed by atoms with Gasteiger partial charge in [-0.1, -0.05) is 50.2 Å². The number of Topliss-reactive ketones (excluding diaryl/α,β-unsaturated/α-hetero) is 1. The lowest BCUT2D eigenvalue weighted by Gasteiger charge is -2.14. The molecule has 0 unspecified atom stereocenters. The predicted octanol–water partition coefficient (Wildman–Crippen LogP) is 4.79. The van der Waals surface area contributed by atoms with Crippen LogP contribution < -0.4 is 4.74 Å². The van der Waals surface area contributed by atoms with E-state index in [1.807, 2.05) is 48.5 Å². The largest absolute Gasteiger partial charge is 0.416 e. The van der Waals surface area contributed by atoms with E-state index in [0.29, 0.717) is 11.3 Å². The van der Waals surface area contributed by atoms with Gasteiger partial charge in [-0.15, -0.1) is 0 Å².